The lowest BCUT2D eigenvalue weighted by Crippen LogP contribution is -2.38. The van der Waals surface area contributed by atoms with E-state index in [1.807, 2.05) is 46.7 Å². The quantitative estimate of drug-likeness (QED) is 0.781. The number of nitrogens with zero attached hydrogens (tertiary/aromatic N) is 4. The molecule has 25 heavy (non-hydrogen) atoms. The van der Waals surface area contributed by atoms with Crippen LogP contribution in [0.5, 0.6) is 5.75 Å². The molecule has 3 aromatic rings. The standard InChI is InChI=1S/C19H20N4O2/c1-13-5-6-15(16(24)12-13)19(25)22-10-7-14(8-11-22)18-21-20-17-4-2-3-9-23(17)18/h2-6,9,12,14,24H,7-8,10-11H2,1H3. The Hall–Kier alpha value is -2.89. The van der Waals surface area contributed by atoms with Crippen molar-refractivity contribution in [3.05, 3.63) is 59.5 Å². The van der Waals surface area contributed by atoms with Crippen LogP contribution in [0, 0.1) is 6.92 Å². The van der Waals surface area contributed by atoms with E-state index in [9.17, 15) is 9.90 Å². The first kappa shape index (κ1) is 15.6. The van der Waals surface area contributed by atoms with Crippen LogP contribution in [0.4, 0.5) is 0 Å². The molecule has 0 saturated carbocycles. The fourth-order valence-electron chi connectivity index (χ4n) is 3.47. The van der Waals surface area contributed by atoms with Gasteiger partial charge in [-0.15, -0.1) is 10.2 Å². The number of phenolic OH excluding ortho intramolecular Hbond substituents is 1. The Morgan fingerprint density at radius 2 is 1.96 bits per heavy atom. The number of carbonyl (C=O) groups is 1. The summed E-state index contributed by atoms with van der Waals surface area (Å²) < 4.78 is 2.02. The number of benzene rings is 1. The Morgan fingerprint density at radius 3 is 2.72 bits per heavy atom. The molecule has 128 valence electrons. The zero-order valence-corrected chi connectivity index (χ0v) is 14.1. The van der Waals surface area contributed by atoms with Crippen molar-refractivity contribution in [2.24, 2.45) is 0 Å². The SMILES string of the molecule is Cc1ccc(C(=O)N2CCC(c3nnc4ccccn34)CC2)c(O)c1. The minimum absolute atomic E-state index is 0.0515. The van der Waals surface area contributed by atoms with Crippen LogP contribution in [-0.2, 0) is 0 Å². The fourth-order valence-corrected chi connectivity index (χ4v) is 3.47. The molecule has 1 N–H and O–H groups in total. The fraction of sp³-hybridized carbons (Fsp3) is 0.316. The molecule has 6 nitrogen and oxygen atoms in total. The van der Waals surface area contributed by atoms with E-state index < -0.39 is 0 Å². The lowest BCUT2D eigenvalue weighted by atomic mass is 9.95. The maximum Gasteiger partial charge on any atom is 0.257 e. The Bertz CT molecular complexity index is 926. The molecule has 0 atom stereocenters. The van der Waals surface area contributed by atoms with Crippen molar-refractivity contribution in [3.8, 4) is 5.75 Å². The molecule has 4 rings (SSSR count). The van der Waals surface area contributed by atoms with Gasteiger partial charge in [-0.1, -0.05) is 12.1 Å². The first-order valence-corrected chi connectivity index (χ1v) is 8.52. The minimum Gasteiger partial charge on any atom is -0.507 e. The topological polar surface area (TPSA) is 70.7 Å². The summed E-state index contributed by atoms with van der Waals surface area (Å²) in [7, 11) is 0. The molecule has 1 aliphatic heterocycles. The third-order valence-corrected chi connectivity index (χ3v) is 4.87. The van der Waals surface area contributed by atoms with Gasteiger partial charge in [-0.3, -0.25) is 9.20 Å². The van der Waals surface area contributed by atoms with Crippen LogP contribution in [0.2, 0.25) is 0 Å². The molecule has 1 fully saturated rings. The summed E-state index contributed by atoms with van der Waals surface area (Å²) in [5, 5.41) is 18.6. The Labute approximate surface area is 145 Å². The summed E-state index contributed by atoms with van der Waals surface area (Å²) >= 11 is 0. The van der Waals surface area contributed by atoms with Gasteiger partial charge in [0.15, 0.2) is 5.65 Å². The minimum atomic E-state index is -0.109. The molecule has 0 aliphatic carbocycles. The van der Waals surface area contributed by atoms with Crippen LogP contribution in [0.25, 0.3) is 5.65 Å². The number of carbonyl (C=O) groups excluding carboxylic acids is 1. The summed E-state index contributed by atoms with van der Waals surface area (Å²) in [5.74, 6) is 1.19. The van der Waals surface area contributed by atoms with Gasteiger partial charge >= 0.3 is 0 Å². The van der Waals surface area contributed by atoms with Gasteiger partial charge in [0.1, 0.15) is 11.6 Å². The van der Waals surface area contributed by atoms with Crippen molar-refractivity contribution < 1.29 is 9.90 Å². The molecule has 1 saturated heterocycles. The maximum atomic E-state index is 12.7. The predicted molar refractivity (Wildman–Crippen MR) is 93.7 cm³/mol. The highest BCUT2D eigenvalue weighted by Gasteiger charge is 2.28. The molecule has 0 unspecified atom stereocenters. The lowest BCUT2D eigenvalue weighted by Gasteiger charge is -2.31. The van der Waals surface area contributed by atoms with Gasteiger partial charge in [0.25, 0.3) is 5.91 Å². The molecule has 1 aromatic carbocycles. The maximum absolute atomic E-state index is 12.7. The summed E-state index contributed by atoms with van der Waals surface area (Å²) in [5.41, 5.74) is 2.16. The molecule has 1 aliphatic rings. The van der Waals surface area contributed by atoms with Crippen molar-refractivity contribution in [1.82, 2.24) is 19.5 Å². The second-order valence-electron chi connectivity index (χ2n) is 6.57. The van der Waals surface area contributed by atoms with Crippen molar-refractivity contribution in [2.75, 3.05) is 13.1 Å². The second kappa shape index (κ2) is 6.20. The molecule has 0 bridgehead atoms. The molecular weight excluding hydrogens is 316 g/mol. The van der Waals surface area contributed by atoms with E-state index in [0.717, 1.165) is 29.9 Å². The van der Waals surface area contributed by atoms with E-state index in [-0.39, 0.29) is 17.6 Å². The van der Waals surface area contributed by atoms with Crippen molar-refractivity contribution in [3.63, 3.8) is 0 Å². The van der Waals surface area contributed by atoms with Gasteiger partial charge in [0.05, 0.1) is 5.56 Å². The van der Waals surface area contributed by atoms with Gasteiger partial charge in [-0.2, -0.15) is 0 Å². The third-order valence-electron chi connectivity index (χ3n) is 4.87. The van der Waals surface area contributed by atoms with Crippen molar-refractivity contribution >= 4 is 11.6 Å². The number of aromatic hydroxyl groups is 1. The monoisotopic (exact) mass is 336 g/mol. The largest absolute Gasteiger partial charge is 0.507 e. The van der Waals surface area contributed by atoms with Gasteiger partial charge < -0.3 is 10.0 Å². The average Bonchev–Trinajstić information content (AvgIpc) is 3.05. The van der Waals surface area contributed by atoms with E-state index in [2.05, 4.69) is 10.2 Å². The van der Waals surface area contributed by atoms with Crippen molar-refractivity contribution in [1.29, 1.82) is 0 Å². The second-order valence-corrected chi connectivity index (χ2v) is 6.57. The number of pyridine rings is 1. The van der Waals surface area contributed by atoms with Gasteiger partial charge in [0.2, 0.25) is 0 Å². The molecule has 0 radical (unpaired) electrons. The number of piperidine rings is 1. The summed E-state index contributed by atoms with van der Waals surface area (Å²) in [4.78, 5) is 14.5. The molecule has 0 spiro atoms. The van der Waals surface area contributed by atoms with E-state index in [1.165, 1.54) is 0 Å². The number of phenols is 1. The number of hydrogen-bond acceptors (Lipinski definition) is 4. The van der Waals surface area contributed by atoms with Crippen LogP contribution < -0.4 is 0 Å². The van der Waals surface area contributed by atoms with Crippen LogP contribution in [0.1, 0.15) is 40.5 Å². The smallest absolute Gasteiger partial charge is 0.257 e. The first-order valence-electron chi connectivity index (χ1n) is 8.52. The molecule has 6 heteroatoms. The van der Waals surface area contributed by atoms with E-state index in [4.69, 9.17) is 0 Å². The number of aromatic nitrogens is 3. The van der Waals surface area contributed by atoms with Crippen LogP contribution in [0.15, 0.2) is 42.6 Å². The Balaban J connectivity index is 1.49. The van der Waals surface area contributed by atoms with E-state index in [1.54, 1.807) is 12.1 Å². The number of likely N-dealkylation sites (tertiary alicyclic amines) is 1. The average molecular weight is 336 g/mol. The highest BCUT2D eigenvalue weighted by molar-refractivity contribution is 5.97. The first-order chi connectivity index (χ1) is 12.1. The third kappa shape index (κ3) is 2.84. The number of rotatable bonds is 2. The van der Waals surface area contributed by atoms with Gasteiger partial charge in [0, 0.05) is 25.2 Å². The Morgan fingerprint density at radius 1 is 1.16 bits per heavy atom. The zero-order valence-electron chi connectivity index (χ0n) is 14.1. The number of aryl methyl sites for hydroxylation is 1. The predicted octanol–water partition coefficient (Wildman–Crippen LogP) is 2.76. The highest BCUT2D eigenvalue weighted by atomic mass is 16.3. The van der Waals surface area contributed by atoms with Crippen LogP contribution in [-0.4, -0.2) is 43.6 Å². The van der Waals surface area contributed by atoms with Gasteiger partial charge in [-0.25, -0.2) is 0 Å². The molecule has 2 aromatic heterocycles. The van der Waals surface area contributed by atoms with Crippen molar-refractivity contribution in [2.45, 2.75) is 25.7 Å². The summed E-state index contributed by atoms with van der Waals surface area (Å²) in [6.07, 6.45) is 3.66. The van der Waals surface area contributed by atoms with E-state index >= 15 is 0 Å². The van der Waals surface area contributed by atoms with Crippen LogP contribution >= 0.6 is 0 Å². The Kier molecular flexibility index (Phi) is 3.87. The zero-order chi connectivity index (χ0) is 17.4. The summed E-state index contributed by atoms with van der Waals surface area (Å²) in [6, 6.07) is 11.0. The molecule has 1 amide bonds. The summed E-state index contributed by atoms with van der Waals surface area (Å²) in [6.45, 7) is 3.19. The van der Waals surface area contributed by atoms with E-state index in [0.29, 0.717) is 18.7 Å². The molecular formula is C19H20N4O2. The number of hydrogen-bond donors (Lipinski definition) is 1. The number of amides is 1. The van der Waals surface area contributed by atoms with Crippen LogP contribution in [0.3, 0.4) is 0 Å². The highest BCUT2D eigenvalue weighted by Crippen LogP contribution is 2.29. The molecule has 3 heterocycles. The lowest BCUT2D eigenvalue weighted by molar-refractivity contribution is 0.0708. The van der Waals surface area contributed by atoms with Gasteiger partial charge in [-0.05, 0) is 49.6 Å². The normalized spacial score (nSPS) is 15.6. The number of fused-ring (bicyclic) bond motifs is 1.